The van der Waals surface area contributed by atoms with Crippen LogP contribution in [0.15, 0.2) is 29.4 Å². The quantitative estimate of drug-likeness (QED) is 0.234. The van der Waals surface area contributed by atoms with Crippen LogP contribution in [0.4, 0.5) is 4.39 Å². The molecule has 0 aliphatic carbocycles. The zero-order valence-corrected chi connectivity index (χ0v) is 9.86. The molecule has 0 aliphatic heterocycles. The predicted molar refractivity (Wildman–Crippen MR) is 65.5 cm³/mol. The van der Waals surface area contributed by atoms with Crippen LogP contribution < -0.4 is 11.1 Å². The number of hydrogen-bond donors (Lipinski definition) is 3. The second-order valence-corrected chi connectivity index (χ2v) is 3.89. The molecule has 4 N–H and O–H groups in total. The molecule has 4 nitrogen and oxygen atoms in total. The Morgan fingerprint density at radius 2 is 2.24 bits per heavy atom. The van der Waals surface area contributed by atoms with Crippen LogP contribution in [0.25, 0.3) is 0 Å². The van der Waals surface area contributed by atoms with Gasteiger partial charge in [0.2, 0.25) is 0 Å². The number of amidine groups is 1. The Kier molecular flexibility index (Phi) is 5.42. The lowest BCUT2D eigenvalue weighted by molar-refractivity contribution is 0.316. The highest BCUT2D eigenvalue weighted by molar-refractivity contribution is 5.79. The monoisotopic (exact) mass is 239 g/mol. The third kappa shape index (κ3) is 4.40. The Hall–Kier alpha value is -1.62. The fourth-order valence-electron chi connectivity index (χ4n) is 1.57. The lowest BCUT2D eigenvalue weighted by Crippen LogP contribution is -2.22. The molecular weight excluding hydrogens is 221 g/mol. The Morgan fingerprint density at radius 1 is 1.53 bits per heavy atom. The average Bonchev–Trinajstić information content (AvgIpc) is 2.34. The van der Waals surface area contributed by atoms with E-state index in [4.69, 9.17) is 10.9 Å². The van der Waals surface area contributed by atoms with E-state index in [9.17, 15) is 4.39 Å². The maximum absolute atomic E-state index is 13.4. The summed E-state index contributed by atoms with van der Waals surface area (Å²) < 4.78 is 13.4. The van der Waals surface area contributed by atoms with Gasteiger partial charge in [-0.1, -0.05) is 23.4 Å². The molecule has 0 aliphatic rings. The average molecular weight is 239 g/mol. The van der Waals surface area contributed by atoms with Gasteiger partial charge in [-0.2, -0.15) is 0 Å². The van der Waals surface area contributed by atoms with Crippen LogP contribution in [-0.4, -0.2) is 17.6 Å². The summed E-state index contributed by atoms with van der Waals surface area (Å²) in [6, 6.07) is 6.64. The number of benzene rings is 1. The van der Waals surface area contributed by atoms with Crippen molar-refractivity contribution in [1.82, 2.24) is 5.32 Å². The van der Waals surface area contributed by atoms with Gasteiger partial charge in [-0.05, 0) is 26.0 Å². The molecule has 0 saturated carbocycles. The van der Waals surface area contributed by atoms with Crippen LogP contribution in [0.2, 0.25) is 0 Å². The molecule has 0 fully saturated rings. The minimum absolute atomic E-state index is 0.0523. The standard InChI is InChI=1S/C12H18FN3O/c1-9(10-5-2-3-6-11(10)13)15-8-4-7-12(14)16-17/h2-3,5-6,9,15,17H,4,7-8H2,1H3,(H2,14,16). The molecule has 0 radical (unpaired) electrons. The van der Waals surface area contributed by atoms with Gasteiger partial charge in [0.1, 0.15) is 11.7 Å². The molecule has 94 valence electrons. The topological polar surface area (TPSA) is 70.6 Å². The summed E-state index contributed by atoms with van der Waals surface area (Å²) in [5.41, 5.74) is 5.99. The zero-order valence-electron chi connectivity index (χ0n) is 9.86. The number of oxime groups is 1. The fourth-order valence-corrected chi connectivity index (χ4v) is 1.57. The first-order valence-electron chi connectivity index (χ1n) is 5.59. The highest BCUT2D eigenvalue weighted by Gasteiger charge is 2.08. The minimum atomic E-state index is -0.205. The van der Waals surface area contributed by atoms with E-state index in [1.54, 1.807) is 12.1 Å². The first-order valence-corrected chi connectivity index (χ1v) is 5.59. The Bertz CT molecular complexity index is 382. The summed E-state index contributed by atoms with van der Waals surface area (Å²) in [5.74, 6) is 0.00859. The van der Waals surface area contributed by atoms with E-state index in [0.29, 0.717) is 18.5 Å². The van der Waals surface area contributed by atoms with Crippen molar-refractivity contribution in [3.63, 3.8) is 0 Å². The normalized spacial score (nSPS) is 13.6. The van der Waals surface area contributed by atoms with E-state index >= 15 is 0 Å². The molecule has 1 atom stereocenters. The van der Waals surface area contributed by atoms with Gasteiger partial charge in [-0.15, -0.1) is 0 Å². The number of nitrogens with two attached hydrogens (primary N) is 1. The van der Waals surface area contributed by atoms with E-state index in [1.165, 1.54) is 6.07 Å². The van der Waals surface area contributed by atoms with Crippen molar-refractivity contribution in [3.8, 4) is 0 Å². The third-order valence-corrected chi connectivity index (χ3v) is 2.56. The van der Waals surface area contributed by atoms with Crippen LogP contribution in [0.3, 0.4) is 0 Å². The molecule has 1 aromatic rings. The molecule has 0 aromatic heterocycles. The highest BCUT2D eigenvalue weighted by Crippen LogP contribution is 2.15. The van der Waals surface area contributed by atoms with Crippen LogP contribution in [0.1, 0.15) is 31.4 Å². The molecule has 0 bridgehead atoms. The van der Waals surface area contributed by atoms with Gasteiger partial charge in [0.15, 0.2) is 0 Å². The first-order chi connectivity index (χ1) is 8.15. The lowest BCUT2D eigenvalue weighted by Gasteiger charge is -2.14. The summed E-state index contributed by atoms with van der Waals surface area (Å²) in [7, 11) is 0. The van der Waals surface area contributed by atoms with Gasteiger partial charge in [0, 0.05) is 18.0 Å². The van der Waals surface area contributed by atoms with Gasteiger partial charge in [-0.3, -0.25) is 0 Å². The van der Waals surface area contributed by atoms with Crippen molar-refractivity contribution in [3.05, 3.63) is 35.6 Å². The second kappa shape index (κ2) is 6.85. The molecule has 5 heteroatoms. The number of nitrogens with zero attached hydrogens (tertiary/aromatic N) is 1. The van der Waals surface area contributed by atoms with E-state index in [2.05, 4.69) is 10.5 Å². The predicted octanol–water partition coefficient (Wildman–Crippen LogP) is 2.00. The second-order valence-electron chi connectivity index (χ2n) is 3.89. The molecule has 1 aromatic carbocycles. The van der Waals surface area contributed by atoms with Crippen molar-refractivity contribution < 1.29 is 9.60 Å². The maximum Gasteiger partial charge on any atom is 0.139 e. The first kappa shape index (κ1) is 13.4. The number of hydrogen-bond acceptors (Lipinski definition) is 3. The van der Waals surface area contributed by atoms with E-state index in [1.807, 2.05) is 13.0 Å². The fraction of sp³-hybridized carbons (Fsp3) is 0.417. The molecule has 0 amide bonds. The summed E-state index contributed by atoms with van der Waals surface area (Å²) in [6.45, 7) is 2.59. The van der Waals surface area contributed by atoms with Crippen molar-refractivity contribution in [1.29, 1.82) is 0 Å². The van der Waals surface area contributed by atoms with Crippen molar-refractivity contribution >= 4 is 5.84 Å². The largest absolute Gasteiger partial charge is 0.409 e. The van der Waals surface area contributed by atoms with Crippen molar-refractivity contribution in [2.45, 2.75) is 25.8 Å². The molecule has 0 heterocycles. The lowest BCUT2D eigenvalue weighted by atomic mass is 10.1. The van der Waals surface area contributed by atoms with Gasteiger partial charge in [0.25, 0.3) is 0 Å². The maximum atomic E-state index is 13.4. The number of nitrogens with one attached hydrogen (secondary N) is 1. The molecular formula is C12H18FN3O. The van der Waals surface area contributed by atoms with E-state index < -0.39 is 0 Å². The van der Waals surface area contributed by atoms with Gasteiger partial charge < -0.3 is 16.3 Å². The highest BCUT2D eigenvalue weighted by atomic mass is 19.1. The van der Waals surface area contributed by atoms with E-state index in [0.717, 1.165) is 6.42 Å². The summed E-state index contributed by atoms with van der Waals surface area (Å²) in [6.07, 6.45) is 1.27. The molecule has 0 spiro atoms. The van der Waals surface area contributed by atoms with Crippen molar-refractivity contribution in [2.24, 2.45) is 10.9 Å². The van der Waals surface area contributed by atoms with Crippen LogP contribution in [0, 0.1) is 5.82 Å². The van der Waals surface area contributed by atoms with Crippen LogP contribution in [0.5, 0.6) is 0 Å². The molecule has 17 heavy (non-hydrogen) atoms. The van der Waals surface area contributed by atoms with Gasteiger partial charge >= 0.3 is 0 Å². The summed E-state index contributed by atoms with van der Waals surface area (Å²) >= 11 is 0. The Labute approximate surface area is 100 Å². The van der Waals surface area contributed by atoms with Crippen LogP contribution >= 0.6 is 0 Å². The van der Waals surface area contributed by atoms with Crippen LogP contribution in [-0.2, 0) is 0 Å². The molecule has 1 rings (SSSR count). The Balaban J connectivity index is 2.35. The third-order valence-electron chi connectivity index (χ3n) is 2.56. The summed E-state index contributed by atoms with van der Waals surface area (Å²) in [4.78, 5) is 0. The minimum Gasteiger partial charge on any atom is -0.409 e. The number of halogens is 1. The van der Waals surface area contributed by atoms with Crippen molar-refractivity contribution in [2.75, 3.05) is 6.54 Å². The summed E-state index contributed by atoms with van der Waals surface area (Å²) in [5, 5.41) is 14.4. The SMILES string of the molecule is CC(NCCCC(N)=NO)c1ccccc1F. The number of rotatable bonds is 6. The van der Waals surface area contributed by atoms with Gasteiger partial charge in [0.05, 0.1) is 0 Å². The smallest absolute Gasteiger partial charge is 0.139 e. The van der Waals surface area contributed by atoms with E-state index in [-0.39, 0.29) is 17.7 Å². The zero-order chi connectivity index (χ0) is 12.7. The van der Waals surface area contributed by atoms with Gasteiger partial charge in [-0.25, -0.2) is 4.39 Å². The Morgan fingerprint density at radius 3 is 2.88 bits per heavy atom. The molecule has 1 unspecified atom stereocenters. The molecule has 0 saturated heterocycles.